The van der Waals surface area contributed by atoms with E-state index in [4.69, 9.17) is 11.0 Å². The number of nitrogens with two attached hydrogens (primary N) is 1. The van der Waals surface area contributed by atoms with Crippen molar-refractivity contribution < 1.29 is 4.79 Å². The molecule has 0 aliphatic heterocycles. The van der Waals surface area contributed by atoms with Crippen LogP contribution < -0.4 is 16.4 Å². The van der Waals surface area contributed by atoms with Crippen LogP contribution in [0.2, 0.25) is 0 Å². The van der Waals surface area contributed by atoms with Crippen LogP contribution in [0.1, 0.15) is 41.3 Å². The fraction of sp³-hybridized carbons (Fsp3) is 0.353. The number of aryl methyl sites for hydroxylation is 2. The Morgan fingerprint density at radius 2 is 2.29 bits per heavy atom. The van der Waals surface area contributed by atoms with Gasteiger partial charge in [0.05, 0.1) is 11.7 Å². The van der Waals surface area contributed by atoms with Gasteiger partial charge in [0.15, 0.2) is 5.82 Å². The summed E-state index contributed by atoms with van der Waals surface area (Å²) in [5, 5.41) is 21.5. The fourth-order valence-corrected chi connectivity index (χ4v) is 3.08. The summed E-state index contributed by atoms with van der Waals surface area (Å²) >= 11 is 0. The normalized spacial score (nSPS) is 15.5. The number of aromatic amines is 1. The predicted octanol–water partition coefficient (Wildman–Crippen LogP) is 1.78. The zero-order valence-corrected chi connectivity index (χ0v) is 13.3. The summed E-state index contributed by atoms with van der Waals surface area (Å²) in [7, 11) is 0. The molecule has 0 radical (unpaired) electrons. The quantitative estimate of drug-likeness (QED) is 0.627. The number of anilines is 1. The Balaban J connectivity index is 1.43. The Bertz CT molecular complexity index is 776. The van der Waals surface area contributed by atoms with Crippen LogP contribution in [0.4, 0.5) is 10.6 Å². The Labute approximate surface area is 140 Å². The summed E-state index contributed by atoms with van der Waals surface area (Å²) in [6.07, 6.45) is 3.25. The van der Waals surface area contributed by atoms with Crippen LogP contribution in [0.3, 0.4) is 0 Å². The number of benzene rings is 1. The van der Waals surface area contributed by atoms with Crippen LogP contribution in [0.5, 0.6) is 0 Å². The number of urea groups is 1. The van der Waals surface area contributed by atoms with Gasteiger partial charge in [0.2, 0.25) is 0 Å². The minimum atomic E-state index is -0.165. The van der Waals surface area contributed by atoms with Crippen molar-refractivity contribution >= 4 is 11.8 Å². The molecule has 3 rings (SSSR count). The largest absolute Gasteiger partial charge is 0.381 e. The second-order valence-corrected chi connectivity index (χ2v) is 5.87. The highest BCUT2D eigenvalue weighted by Crippen LogP contribution is 2.30. The molecule has 0 bridgehead atoms. The van der Waals surface area contributed by atoms with Gasteiger partial charge in [-0.1, -0.05) is 24.3 Å². The molecule has 1 unspecified atom stereocenters. The van der Waals surface area contributed by atoms with Gasteiger partial charge in [-0.05, 0) is 36.8 Å². The molecule has 1 atom stereocenters. The molecule has 24 heavy (non-hydrogen) atoms. The van der Waals surface area contributed by atoms with Crippen molar-refractivity contribution in [3.05, 3.63) is 46.6 Å². The topological polar surface area (TPSA) is 120 Å². The number of H-pyrrole nitrogens is 1. The maximum absolute atomic E-state index is 12.0. The van der Waals surface area contributed by atoms with Crippen molar-refractivity contribution in [3.63, 3.8) is 0 Å². The number of rotatable bonds is 5. The second-order valence-electron chi connectivity index (χ2n) is 5.87. The Kier molecular flexibility index (Phi) is 4.66. The molecule has 0 spiro atoms. The number of nitrogens with one attached hydrogen (secondary N) is 3. The monoisotopic (exact) mass is 324 g/mol. The van der Waals surface area contributed by atoms with Gasteiger partial charge in [0.25, 0.3) is 0 Å². The molecular formula is C17H20N6O. The maximum Gasteiger partial charge on any atom is 0.315 e. The zero-order chi connectivity index (χ0) is 16.9. The van der Waals surface area contributed by atoms with Crippen LogP contribution in [0, 0.1) is 11.3 Å². The van der Waals surface area contributed by atoms with Gasteiger partial charge < -0.3 is 16.4 Å². The lowest BCUT2D eigenvalue weighted by atomic mass is 10.1. The molecule has 0 saturated carbocycles. The number of nitriles is 1. The number of carbonyl (C=O) groups excluding carboxylic acids is 1. The van der Waals surface area contributed by atoms with E-state index in [0.717, 1.165) is 12.8 Å². The van der Waals surface area contributed by atoms with E-state index >= 15 is 0 Å². The van der Waals surface area contributed by atoms with Gasteiger partial charge in [-0.2, -0.15) is 10.4 Å². The summed E-state index contributed by atoms with van der Waals surface area (Å²) in [5.41, 5.74) is 9.21. The highest BCUT2D eigenvalue weighted by molar-refractivity contribution is 5.74. The number of aromatic nitrogens is 2. The number of nitrogen functional groups attached to an aromatic ring is 1. The van der Waals surface area contributed by atoms with Crippen molar-refractivity contribution in [1.29, 1.82) is 5.26 Å². The molecule has 1 aromatic carbocycles. The number of nitrogens with zero attached hydrogens (tertiary/aromatic N) is 2. The van der Waals surface area contributed by atoms with Gasteiger partial charge in [-0.3, -0.25) is 5.10 Å². The molecule has 2 amide bonds. The predicted molar refractivity (Wildman–Crippen MR) is 90.1 cm³/mol. The zero-order valence-electron chi connectivity index (χ0n) is 13.3. The molecule has 1 aromatic heterocycles. The van der Waals surface area contributed by atoms with Crippen molar-refractivity contribution in [3.8, 4) is 6.07 Å². The first-order valence-corrected chi connectivity index (χ1v) is 8.04. The fourth-order valence-electron chi connectivity index (χ4n) is 3.08. The van der Waals surface area contributed by atoms with Crippen LogP contribution in [0.15, 0.2) is 24.3 Å². The number of hydrogen-bond acceptors (Lipinski definition) is 4. The summed E-state index contributed by atoms with van der Waals surface area (Å²) in [4.78, 5) is 12.0. The van der Waals surface area contributed by atoms with E-state index in [-0.39, 0.29) is 17.9 Å². The van der Waals surface area contributed by atoms with E-state index in [0.29, 0.717) is 30.6 Å². The SMILES string of the molecule is N#Cc1c(N)n[nH]c1CCCNC(=O)NC1CCc2ccccc21. The molecular weight excluding hydrogens is 304 g/mol. The minimum Gasteiger partial charge on any atom is -0.381 e. The minimum absolute atomic E-state index is 0.0822. The van der Waals surface area contributed by atoms with Crippen LogP contribution in [-0.2, 0) is 12.8 Å². The molecule has 1 aliphatic carbocycles. The number of fused-ring (bicyclic) bond motifs is 1. The number of amides is 2. The Hall–Kier alpha value is -3.01. The third kappa shape index (κ3) is 3.33. The van der Waals surface area contributed by atoms with Gasteiger partial charge >= 0.3 is 6.03 Å². The summed E-state index contributed by atoms with van der Waals surface area (Å²) in [6.45, 7) is 0.518. The van der Waals surface area contributed by atoms with E-state index in [1.165, 1.54) is 11.1 Å². The van der Waals surface area contributed by atoms with Crippen LogP contribution in [0.25, 0.3) is 0 Å². The molecule has 7 heteroatoms. The van der Waals surface area contributed by atoms with Crippen molar-refractivity contribution in [2.24, 2.45) is 0 Å². The Morgan fingerprint density at radius 3 is 3.12 bits per heavy atom. The average Bonchev–Trinajstić information content (AvgIpc) is 3.15. The van der Waals surface area contributed by atoms with E-state index < -0.39 is 0 Å². The molecule has 2 aromatic rings. The van der Waals surface area contributed by atoms with E-state index in [2.05, 4.69) is 33.0 Å². The van der Waals surface area contributed by atoms with Crippen molar-refractivity contribution in [2.45, 2.75) is 31.7 Å². The standard InChI is InChI=1S/C17H20N6O/c18-10-13-15(22-23-16(13)19)6-3-9-20-17(24)21-14-8-7-11-4-1-2-5-12(11)14/h1-2,4-5,14H,3,6-9H2,(H3,19,22,23)(H2,20,21,24). The first-order chi connectivity index (χ1) is 11.7. The molecule has 124 valence electrons. The summed E-state index contributed by atoms with van der Waals surface area (Å²) in [5.74, 6) is 0.220. The lowest BCUT2D eigenvalue weighted by Gasteiger charge is -2.14. The third-order valence-electron chi connectivity index (χ3n) is 4.31. The van der Waals surface area contributed by atoms with Gasteiger partial charge in [-0.15, -0.1) is 0 Å². The summed E-state index contributed by atoms with van der Waals surface area (Å²) < 4.78 is 0. The average molecular weight is 324 g/mol. The van der Waals surface area contributed by atoms with Crippen molar-refractivity contribution in [2.75, 3.05) is 12.3 Å². The van der Waals surface area contributed by atoms with Gasteiger partial charge in [-0.25, -0.2) is 4.79 Å². The molecule has 0 fully saturated rings. The smallest absolute Gasteiger partial charge is 0.315 e. The Morgan fingerprint density at radius 1 is 1.46 bits per heavy atom. The molecule has 0 saturated heterocycles. The lowest BCUT2D eigenvalue weighted by molar-refractivity contribution is 0.237. The van der Waals surface area contributed by atoms with Gasteiger partial charge in [0, 0.05) is 6.54 Å². The number of carbonyl (C=O) groups is 1. The highest BCUT2D eigenvalue weighted by Gasteiger charge is 2.23. The highest BCUT2D eigenvalue weighted by atomic mass is 16.2. The molecule has 1 heterocycles. The van der Waals surface area contributed by atoms with E-state index in [9.17, 15) is 4.79 Å². The van der Waals surface area contributed by atoms with Gasteiger partial charge in [0.1, 0.15) is 11.6 Å². The molecule has 5 N–H and O–H groups in total. The summed E-state index contributed by atoms with van der Waals surface area (Å²) in [6, 6.07) is 10.2. The first-order valence-electron chi connectivity index (χ1n) is 8.04. The van der Waals surface area contributed by atoms with Crippen molar-refractivity contribution in [1.82, 2.24) is 20.8 Å². The third-order valence-corrected chi connectivity index (χ3v) is 4.31. The molecule has 7 nitrogen and oxygen atoms in total. The number of hydrogen-bond donors (Lipinski definition) is 4. The maximum atomic E-state index is 12.0. The first kappa shape index (κ1) is 15.9. The lowest BCUT2D eigenvalue weighted by Crippen LogP contribution is -2.37. The van der Waals surface area contributed by atoms with E-state index in [1.54, 1.807) is 0 Å². The second kappa shape index (κ2) is 7.04. The van der Waals surface area contributed by atoms with Crippen LogP contribution >= 0.6 is 0 Å². The van der Waals surface area contributed by atoms with Crippen LogP contribution in [-0.4, -0.2) is 22.8 Å². The van der Waals surface area contributed by atoms with E-state index in [1.807, 2.05) is 18.2 Å². The molecule has 1 aliphatic rings.